The number of urea groups is 1. The number of rotatable bonds is 6. The maximum absolute atomic E-state index is 13.7. The molecule has 0 bridgehead atoms. The molecular weight excluding hydrogens is 540 g/mol. The fraction of sp³-hybridized carbons (Fsp3) is 0.321. The highest BCUT2D eigenvalue weighted by Crippen LogP contribution is 2.32. The minimum atomic E-state index is -4.28. The summed E-state index contributed by atoms with van der Waals surface area (Å²) < 4.78 is 54.4. The Bertz CT molecular complexity index is 1560. The number of likely N-dealkylation sites (tertiary alicyclic amines) is 1. The second-order valence-electron chi connectivity index (χ2n) is 10.1. The topological polar surface area (TPSA) is 103 Å². The smallest absolute Gasteiger partial charge is 0.333 e. The summed E-state index contributed by atoms with van der Waals surface area (Å²) in [6.45, 7) is 2.82. The Morgan fingerprint density at radius 1 is 0.950 bits per heavy atom. The van der Waals surface area contributed by atoms with Crippen molar-refractivity contribution in [2.45, 2.75) is 30.7 Å². The molecule has 0 atom stereocenters. The third kappa shape index (κ3) is 5.35. The van der Waals surface area contributed by atoms with Crippen LogP contribution >= 0.6 is 0 Å². The van der Waals surface area contributed by atoms with E-state index in [9.17, 15) is 26.8 Å². The number of hydrogen-bond acceptors (Lipinski definition) is 6. The molecule has 0 spiro atoms. The molecule has 5 rings (SSSR count). The first-order valence-electron chi connectivity index (χ1n) is 12.9. The summed E-state index contributed by atoms with van der Waals surface area (Å²) in [7, 11) is -2.77. The summed E-state index contributed by atoms with van der Waals surface area (Å²) in [5, 5.41) is 2.70. The molecule has 2 fully saturated rings. The number of carbonyl (C=O) groups excluding carboxylic acids is 2. The number of aryl methyl sites for hydroxylation is 1. The van der Waals surface area contributed by atoms with Gasteiger partial charge in [0.25, 0.3) is 15.9 Å². The van der Waals surface area contributed by atoms with E-state index in [1.165, 1.54) is 54.5 Å². The molecule has 0 radical (unpaired) electrons. The second kappa shape index (κ2) is 10.8. The highest BCUT2D eigenvalue weighted by molar-refractivity contribution is 7.89. The molecule has 2 aliphatic rings. The maximum atomic E-state index is 13.7. The zero-order chi connectivity index (χ0) is 28.6. The van der Waals surface area contributed by atoms with Gasteiger partial charge >= 0.3 is 6.03 Å². The van der Waals surface area contributed by atoms with Crippen molar-refractivity contribution >= 4 is 33.3 Å². The van der Waals surface area contributed by atoms with E-state index in [2.05, 4.69) is 10.3 Å². The van der Waals surface area contributed by atoms with Gasteiger partial charge in [0.2, 0.25) is 0 Å². The molecule has 3 heterocycles. The third-order valence-corrected chi connectivity index (χ3v) is 9.09. The van der Waals surface area contributed by atoms with Gasteiger partial charge in [-0.3, -0.25) is 4.79 Å². The predicted molar refractivity (Wildman–Crippen MR) is 145 cm³/mol. The lowest BCUT2D eigenvalue weighted by molar-refractivity contribution is 0.0713. The van der Waals surface area contributed by atoms with Gasteiger partial charge in [-0.15, -0.1) is 0 Å². The minimum Gasteiger partial charge on any atom is -0.355 e. The average molecular weight is 570 g/mol. The monoisotopic (exact) mass is 569 g/mol. The van der Waals surface area contributed by atoms with Gasteiger partial charge in [-0.1, -0.05) is 12.1 Å². The van der Waals surface area contributed by atoms with Crippen LogP contribution in [0.1, 0.15) is 40.2 Å². The molecular formula is C28H29F2N5O4S. The van der Waals surface area contributed by atoms with Crippen LogP contribution in [0.3, 0.4) is 0 Å². The van der Waals surface area contributed by atoms with Crippen LogP contribution < -0.4 is 5.32 Å². The lowest BCUT2D eigenvalue weighted by Gasteiger charge is -2.32. The number of carbonyl (C=O) groups is 2. The van der Waals surface area contributed by atoms with Gasteiger partial charge < -0.3 is 15.1 Å². The molecule has 40 heavy (non-hydrogen) atoms. The molecule has 1 N–H and O–H groups in total. The van der Waals surface area contributed by atoms with Gasteiger partial charge in [0.1, 0.15) is 11.6 Å². The number of likely N-dealkylation sites (N-methyl/N-ethyl adjacent to an activating group) is 1. The van der Waals surface area contributed by atoms with Crippen molar-refractivity contribution in [1.82, 2.24) is 19.1 Å². The number of anilines is 2. The van der Waals surface area contributed by atoms with E-state index in [4.69, 9.17) is 0 Å². The molecule has 210 valence electrons. The minimum absolute atomic E-state index is 0.0111. The van der Waals surface area contributed by atoms with Gasteiger partial charge in [0, 0.05) is 44.6 Å². The highest BCUT2D eigenvalue weighted by Gasteiger charge is 2.38. The fourth-order valence-corrected chi connectivity index (χ4v) is 6.39. The van der Waals surface area contributed by atoms with Crippen molar-refractivity contribution in [2.24, 2.45) is 0 Å². The lowest BCUT2D eigenvalue weighted by Crippen LogP contribution is -2.38. The number of sulfonamides is 1. The Balaban J connectivity index is 1.44. The number of nitrogens with zero attached hydrogens (tertiary/aromatic N) is 4. The molecule has 3 amide bonds. The molecule has 0 aliphatic carbocycles. The van der Waals surface area contributed by atoms with Crippen molar-refractivity contribution in [2.75, 3.05) is 38.5 Å². The first kappa shape index (κ1) is 27.5. The number of amides is 3. The van der Waals surface area contributed by atoms with Crippen molar-refractivity contribution in [3.05, 3.63) is 83.1 Å². The summed E-state index contributed by atoms with van der Waals surface area (Å²) in [6, 6.07) is 11.0. The Kier molecular flexibility index (Phi) is 7.45. The second-order valence-corrected chi connectivity index (χ2v) is 11.9. The van der Waals surface area contributed by atoms with Gasteiger partial charge in [-0.05, 0) is 67.1 Å². The van der Waals surface area contributed by atoms with Crippen LogP contribution in [0.25, 0.3) is 0 Å². The first-order chi connectivity index (χ1) is 19.0. The number of halogens is 2. The molecule has 1 aromatic heterocycles. The summed E-state index contributed by atoms with van der Waals surface area (Å²) in [5.74, 6) is -0.885. The molecule has 2 saturated heterocycles. The number of hydrogen-bond donors (Lipinski definition) is 1. The largest absolute Gasteiger partial charge is 0.355 e. The van der Waals surface area contributed by atoms with E-state index in [1.54, 1.807) is 24.0 Å². The number of aromatic nitrogens is 1. The number of benzene rings is 2. The predicted octanol–water partition coefficient (Wildman–Crippen LogP) is 4.49. The van der Waals surface area contributed by atoms with E-state index in [-0.39, 0.29) is 47.0 Å². The zero-order valence-corrected chi connectivity index (χ0v) is 22.9. The van der Waals surface area contributed by atoms with Crippen molar-refractivity contribution < 1.29 is 26.8 Å². The van der Waals surface area contributed by atoms with E-state index < -0.39 is 21.9 Å². The summed E-state index contributed by atoms with van der Waals surface area (Å²) in [5.41, 5.74) is 2.37. The van der Waals surface area contributed by atoms with E-state index in [1.807, 2.05) is 0 Å². The molecule has 12 heteroatoms. The van der Waals surface area contributed by atoms with Crippen molar-refractivity contribution in [1.29, 1.82) is 0 Å². The van der Waals surface area contributed by atoms with Gasteiger partial charge in [0.15, 0.2) is 5.03 Å². The summed E-state index contributed by atoms with van der Waals surface area (Å²) in [4.78, 5) is 33.2. The summed E-state index contributed by atoms with van der Waals surface area (Å²) >= 11 is 0. The SMILES string of the molecule is Cc1cc(F)ccc1Nc1cc(S(=O)(=O)N2CCN(C)C2=O)ncc1C(=O)N1CCC(c2ccc(F)cc2)CC1. The molecule has 0 saturated carbocycles. The Labute approximate surface area is 231 Å². The van der Waals surface area contributed by atoms with Crippen LogP contribution in [-0.2, 0) is 10.0 Å². The maximum Gasteiger partial charge on any atom is 0.333 e. The molecule has 2 aromatic carbocycles. The van der Waals surface area contributed by atoms with Crippen LogP contribution in [0, 0.1) is 18.6 Å². The molecule has 3 aromatic rings. The van der Waals surface area contributed by atoms with Gasteiger partial charge in [0.05, 0.1) is 17.8 Å². The summed E-state index contributed by atoms with van der Waals surface area (Å²) in [6.07, 6.45) is 2.57. The van der Waals surface area contributed by atoms with Crippen LogP contribution in [-0.4, -0.2) is 72.7 Å². The molecule has 2 aliphatic heterocycles. The molecule has 0 unspecified atom stereocenters. The van der Waals surface area contributed by atoms with Crippen molar-refractivity contribution in [3.63, 3.8) is 0 Å². The van der Waals surface area contributed by atoms with E-state index >= 15 is 0 Å². The van der Waals surface area contributed by atoms with Crippen LogP contribution in [0.15, 0.2) is 59.8 Å². The Morgan fingerprint density at radius 2 is 1.62 bits per heavy atom. The van der Waals surface area contributed by atoms with E-state index in [0.717, 1.165) is 9.87 Å². The van der Waals surface area contributed by atoms with E-state index in [0.29, 0.717) is 37.2 Å². The number of pyridine rings is 1. The highest BCUT2D eigenvalue weighted by atomic mass is 32.2. The van der Waals surface area contributed by atoms with Crippen LogP contribution in [0.2, 0.25) is 0 Å². The zero-order valence-electron chi connectivity index (χ0n) is 22.1. The Hall–Kier alpha value is -4.06. The number of nitrogens with one attached hydrogen (secondary N) is 1. The average Bonchev–Trinajstić information content (AvgIpc) is 3.29. The fourth-order valence-electron chi connectivity index (χ4n) is 5.04. The molecule has 9 nitrogen and oxygen atoms in total. The van der Waals surface area contributed by atoms with Gasteiger partial charge in [-0.2, -0.15) is 8.42 Å². The van der Waals surface area contributed by atoms with Crippen LogP contribution in [0.5, 0.6) is 0 Å². The van der Waals surface area contributed by atoms with Crippen molar-refractivity contribution in [3.8, 4) is 0 Å². The normalized spacial score (nSPS) is 16.5. The lowest BCUT2D eigenvalue weighted by atomic mass is 9.89. The first-order valence-corrected chi connectivity index (χ1v) is 14.3. The third-order valence-electron chi connectivity index (χ3n) is 7.42. The Morgan fingerprint density at radius 3 is 2.25 bits per heavy atom. The quantitative estimate of drug-likeness (QED) is 0.470. The van der Waals surface area contributed by atoms with Crippen LogP contribution in [0.4, 0.5) is 25.0 Å². The standard InChI is InChI=1S/C28H29F2N5O4S/c1-18-15-22(30)7-8-24(18)32-25-16-26(40(38,39)35-14-13-33(2)28(35)37)31-17-23(25)27(36)34-11-9-20(10-12-34)19-3-5-21(29)6-4-19/h3-8,15-17,20H,9-14H2,1-2H3,(H,31,32). The van der Waals surface area contributed by atoms with Gasteiger partial charge in [-0.25, -0.2) is 22.9 Å². The number of piperidine rings is 1.